The highest BCUT2D eigenvalue weighted by molar-refractivity contribution is 5.80. The van der Waals surface area contributed by atoms with Gasteiger partial charge in [-0.25, -0.2) is 4.39 Å². The third-order valence-corrected chi connectivity index (χ3v) is 5.90. The van der Waals surface area contributed by atoms with Crippen LogP contribution < -0.4 is 14.8 Å². The number of pyridine rings is 1. The van der Waals surface area contributed by atoms with Crippen LogP contribution in [0.3, 0.4) is 0 Å². The van der Waals surface area contributed by atoms with Gasteiger partial charge in [0.25, 0.3) is 0 Å². The Balaban J connectivity index is 1.51. The maximum Gasteiger partial charge on any atom is 0.171 e. The second kappa shape index (κ2) is 6.45. The van der Waals surface area contributed by atoms with Gasteiger partial charge in [0.15, 0.2) is 17.2 Å². The molecule has 0 radical (unpaired) electrons. The largest absolute Gasteiger partial charge is 0.493 e. The van der Waals surface area contributed by atoms with Gasteiger partial charge in [-0.05, 0) is 30.7 Å². The van der Waals surface area contributed by atoms with Crippen LogP contribution in [0.4, 0.5) is 10.2 Å². The lowest BCUT2D eigenvalue weighted by Crippen LogP contribution is -2.16. The number of aromatic nitrogens is 5. The van der Waals surface area contributed by atoms with Crippen molar-refractivity contribution in [2.75, 3.05) is 18.5 Å². The second-order valence-electron chi connectivity index (χ2n) is 7.57. The summed E-state index contributed by atoms with van der Waals surface area (Å²) in [5.41, 5.74) is 4.02. The minimum atomic E-state index is -0.230. The summed E-state index contributed by atoms with van der Waals surface area (Å²) in [6.45, 7) is 1.34. The molecule has 1 atom stereocenters. The molecule has 1 aromatic carbocycles. The van der Waals surface area contributed by atoms with Crippen molar-refractivity contribution in [3.8, 4) is 22.8 Å². The zero-order chi connectivity index (χ0) is 20.2. The summed E-state index contributed by atoms with van der Waals surface area (Å²) in [5.74, 6) is 2.00. The quantitative estimate of drug-likeness (QED) is 0.523. The fourth-order valence-electron chi connectivity index (χ4n) is 4.43. The number of nitrogens with one attached hydrogen (secondary N) is 1. The summed E-state index contributed by atoms with van der Waals surface area (Å²) in [7, 11) is 1.88. The van der Waals surface area contributed by atoms with Crippen molar-refractivity contribution in [3.05, 3.63) is 53.7 Å². The zero-order valence-electron chi connectivity index (χ0n) is 16.3. The van der Waals surface area contributed by atoms with E-state index < -0.39 is 0 Å². The van der Waals surface area contributed by atoms with Crippen LogP contribution in [-0.4, -0.2) is 37.6 Å². The summed E-state index contributed by atoms with van der Waals surface area (Å²) in [6, 6.07) is 7.06. The third kappa shape index (κ3) is 2.47. The number of nitrogens with zero attached hydrogens (tertiary/aromatic N) is 5. The highest BCUT2D eigenvalue weighted by Crippen LogP contribution is 2.42. The molecule has 0 fully saturated rings. The number of aryl methyl sites for hydroxylation is 1. The van der Waals surface area contributed by atoms with Crippen LogP contribution in [-0.2, 0) is 13.6 Å². The van der Waals surface area contributed by atoms with E-state index >= 15 is 0 Å². The fraction of sp³-hybridized carbons (Fsp3) is 0.286. The van der Waals surface area contributed by atoms with E-state index in [0.29, 0.717) is 42.5 Å². The van der Waals surface area contributed by atoms with Gasteiger partial charge >= 0.3 is 0 Å². The summed E-state index contributed by atoms with van der Waals surface area (Å²) < 4.78 is 30.4. The number of benzene rings is 1. The number of hydrogen-bond acceptors (Lipinski definition) is 6. The van der Waals surface area contributed by atoms with Crippen LogP contribution in [0.1, 0.15) is 23.5 Å². The number of ether oxygens (including phenoxy) is 2. The van der Waals surface area contributed by atoms with Crippen LogP contribution in [0.25, 0.3) is 16.9 Å². The van der Waals surface area contributed by atoms with Crippen LogP contribution in [0.5, 0.6) is 11.5 Å². The number of fused-ring (bicyclic) bond motifs is 3. The number of rotatable bonds is 1. The summed E-state index contributed by atoms with van der Waals surface area (Å²) in [6.07, 6.45) is 4.11. The highest BCUT2D eigenvalue weighted by atomic mass is 19.1. The van der Waals surface area contributed by atoms with Crippen molar-refractivity contribution < 1.29 is 13.9 Å². The molecule has 0 saturated heterocycles. The van der Waals surface area contributed by atoms with Gasteiger partial charge in [-0.15, -0.1) is 10.2 Å². The van der Waals surface area contributed by atoms with E-state index in [0.717, 1.165) is 29.0 Å². The maximum absolute atomic E-state index is 14.8. The molecule has 4 aromatic rings. The summed E-state index contributed by atoms with van der Waals surface area (Å²) in [5, 5.41) is 16.0. The molecular formula is C21H19FN6O2. The molecule has 3 aromatic heterocycles. The molecular weight excluding hydrogens is 387 g/mol. The lowest BCUT2D eigenvalue weighted by atomic mass is 9.92. The van der Waals surface area contributed by atoms with E-state index in [4.69, 9.17) is 9.47 Å². The van der Waals surface area contributed by atoms with Crippen molar-refractivity contribution in [3.63, 3.8) is 0 Å². The molecule has 6 rings (SSSR count). The normalized spacial score (nSPS) is 17.6. The van der Waals surface area contributed by atoms with Crippen LogP contribution >= 0.6 is 0 Å². The summed E-state index contributed by atoms with van der Waals surface area (Å²) in [4.78, 5) is 0. The maximum atomic E-state index is 14.8. The first-order valence-corrected chi connectivity index (χ1v) is 9.86. The van der Waals surface area contributed by atoms with Crippen molar-refractivity contribution >= 4 is 11.5 Å². The van der Waals surface area contributed by atoms with Crippen molar-refractivity contribution in [2.45, 2.75) is 18.9 Å². The predicted octanol–water partition coefficient (Wildman–Crippen LogP) is 3.14. The molecule has 2 aliphatic heterocycles. The molecule has 0 amide bonds. The molecule has 152 valence electrons. The SMILES string of the molecule is Cn1nccc1-c1cc2c(n3cnnc13)NCc1c(F)ccc3c1[C@@H](CCO2)CO3. The van der Waals surface area contributed by atoms with Crippen molar-refractivity contribution in [2.24, 2.45) is 7.05 Å². The first-order chi connectivity index (χ1) is 14.7. The summed E-state index contributed by atoms with van der Waals surface area (Å²) >= 11 is 0. The minimum absolute atomic E-state index is 0.115. The number of halogens is 1. The van der Waals surface area contributed by atoms with Gasteiger partial charge in [-0.1, -0.05) is 0 Å². The average molecular weight is 406 g/mol. The van der Waals surface area contributed by atoms with Crippen molar-refractivity contribution in [1.29, 1.82) is 0 Å². The van der Waals surface area contributed by atoms with Crippen LogP contribution in [0, 0.1) is 5.82 Å². The third-order valence-electron chi connectivity index (χ3n) is 5.90. The van der Waals surface area contributed by atoms with E-state index in [1.54, 1.807) is 23.3 Å². The molecule has 1 N–H and O–H groups in total. The number of anilines is 1. The molecule has 30 heavy (non-hydrogen) atoms. The molecule has 0 bridgehead atoms. The average Bonchev–Trinajstić information content (AvgIpc) is 3.48. The van der Waals surface area contributed by atoms with Gasteiger partial charge in [0.05, 0.1) is 18.9 Å². The molecule has 0 aliphatic carbocycles. The standard InChI is InChI=1S/C21H19FN6O2/c1-27-16(4-6-25-27)13-8-18-21(28-11-24-26-20(13)28)23-9-14-15(22)2-3-17-19(14)12(10-30-17)5-7-29-18/h2-4,6,8,11-12,23H,5,7,9-10H2,1H3/t12-/m0/s1. The highest BCUT2D eigenvalue weighted by Gasteiger charge is 2.30. The molecule has 8 nitrogen and oxygen atoms in total. The van der Waals surface area contributed by atoms with Crippen LogP contribution in [0.15, 0.2) is 36.8 Å². The first-order valence-electron chi connectivity index (χ1n) is 9.86. The van der Waals surface area contributed by atoms with E-state index in [1.165, 1.54) is 6.07 Å². The van der Waals surface area contributed by atoms with Gasteiger partial charge in [-0.2, -0.15) is 5.10 Å². The zero-order valence-corrected chi connectivity index (χ0v) is 16.3. The predicted molar refractivity (Wildman–Crippen MR) is 107 cm³/mol. The molecule has 5 heterocycles. The van der Waals surface area contributed by atoms with E-state index in [9.17, 15) is 4.39 Å². The van der Waals surface area contributed by atoms with Gasteiger partial charge < -0.3 is 14.8 Å². The fourth-order valence-corrected chi connectivity index (χ4v) is 4.43. The first kappa shape index (κ1) is 17.3. The smallest absolute Gasteiger partial charge is 0.171 e. The second-order valence-corrected chi connectivity index (χ2v) is 7.57. The van der Waals surface area contributed by atoms with Gasteiger partial charge in [0.1, 0.15) is 17.9 Å². The Labute approximate surface area is 171 Å². The Morgan fingerprint density at radius 3 is 3.00 bits per heavy atom. The Morgan fingerprint density at radius 2 is 2.13 bits per heavy atom. The minimum Gasteiger partial charge on any atom is -0.493 e. The lowest BCUT2D eigenvalue weighted by molar-refractivity contribution is 0.270. The topological polar surface area (TPSA) is 78.5 Å². The molecule has 0 spiro atoms. The molecule has 9 heteroatoms. The Kier molecular flexibility index (Phi) is 3.71. The van der Waals surface area contributed by atoms with Gasteiger partial charge in [-0.3, -0.25) is 9.08 Å². The van der Waals surface area contributed by atoms with Crippen LogP contribution in [0.2, 0.25) is 0 Å². The van der Waals surface area contributed by atoms with E-state index in [2.05, 4.69) is 20.6 Å². The lowest BCUT2D eigenvalue weighted by Gasteiger charge is -2.21. The van der Waals surface area contributed by atoms with Crippen molar-refractivity contribution in [1.82, 2.24) is 24.4 Å². The van der Waals surface area contributed by atoms with E-state index in [1.807, 2.05) is 23.6 Å². The van der Waals surface area contributed by atoms with E-state index in [-0.39, 0.29) is 11.7 Å². The van der Waals surface area contributed by atoms with Gasteiger partial charge in [0, 0.05) is 42.4 Å². The Hall–Kier alpha value is -3.62. The monoisotopic (exact) mass is 406 g/mol. The Morgan fingerprint density at radius 1 is 1.20 bits per heavy atom. The molecule has 0 saturated carbocycles. The molecule has 0 unspecified atom stereocenters. The Bertz CT molecular complexity index is 1280. The number of hydrogen-bond donors (Lipinski definition) is 1. The van der Waals surface area contributed by atoms with Gasteiger partial charge in [0.2, 0.25) is 0 Å². The molecule has 2 aliphatic rings.